The number of likely N-dealkylation sites (N-methyl/N-ethyl adjacent to an activating group) is 1. The highest BCUT2D eigenvalue weighted by Gasteiger charge is 2.23. The number of carbonyl (C=O) groups excluding carboxylic acids is 1. The van der Waals surface area contributed by atoms with Crippen LogP contribution in [0.2, 0.25) is 0 Å². The largest absolute Gasteiger partial charge is 0.472 e. The van der Waals surface area contributed by atoms with E-state index in [1.54, 1.807) is 31.5 Å². The Morgan fingerprint density at radius 1 is 1.46 bits per heavy atom. The van der Waals surface area contributed by atoms with Crippen molar-refractivity contribution < 1.29 is 13.9 Å². The van der Waals surface area contributed by atoms with Gasteiger partial charge in [0.25, 0.3) is 0 Å². The van der Waals surface area contributed by atoms with Crippen LogP contribution < -0.4 is 0 Å². The van der Waals surface area contributed by atoms with Gasteiger partial charge in [0.15, 0.2) is 0 Å². The van der Waals surface area contributed by atoms with E-state index in [4.69, 9.17) is 9.15 Å². The molecule has 7 heteroatoms. The summed E-state index contributed by atoms with van der Waals surface area (Å²) in [5.41, 5.74) is 1.15. The lowest BCUT2D eigenvalue weighted by Gasteiger charge is -2.23. The third-order valence-corrected chi connectivity index (χ3v) is 4.20. The second-order valence-electron chi connectivity index (χ2n) is 6.47. The molecule has 1 amide bonds. The van der Waals surface area contributed by atoms with Crippen molar-refractivity contribution >= 4 is 5.91 Å². The molecule has 1 aliphatic heterocycles. The summed E-state index contributed by atoms with van der Waals surface area (Å²) in [6.45, 7) is 4.04. The van der Waals surface area contributed by atoms with E-state index in [-0.39, 0.29) is 12.5 Å². The Morgan fingerprint density at radius 3 is 3.08 bits per heavy atom. The Balaban J connectivity index is 1.62. The first kappa shape index (κ1) is 16.7. The normalized spacial score (nSPS) is 18.2. The summed E-state index contributed by atoms with van der Waals surface area (Å²) < 4.78 is 13.0. The predicted octanol–water partition coefficient (Wildman–Crippen LogP) is 1.21. The molecule has 1 atom stereocenters. The van der Waals surface area contributed by atoms with Crippen LogP contribution in [0.1, 0.15) is 11.4 Å². The van der Waals surface area contributed by atoms with Gasteiger partial charge in [-0.3, -0.25) is 9.69 Å². The Kier molecular flexibility index (Phi) is 5.32. The highest BCUT2D eigenvalue weighted by atomic mass is 16.5. The summed E-state index contributed by atoms with van der Waals surface area (Å²) in [7, 11) is 3.48. The van der Waals surface area contributed by atoms with E-state index in [9.17, 15) is 4.79 Å². The second-order valence-corrected chi connectivity index (χ2v) is 6.47. The molecular weight excluding hydrogens is 308 g/mol. The summed E-state index contributed by atoms with van der Waals surface area (Å²) in [6, 6.07) is 1.98. The Bertz CT molecular complexity index is 651. The molecule has 0 fully saturated rings. The van der Waals surface area contributed by atoms with Gasteiger partial charge in [0.05, 0.1) is 25.7 Å². The van der Waals surface area contributed by atoms with Gasteiger partial charge in [0.2, 0.25) is 5.91 Å². The topological polar surface area (TPSA) is 63.7 Å². The van der Waals surface area contributed by atoms with Crippen LogP contribution in [0.5, 0.6) is 0 Å². The van der Waals surface area contributed by atoms with E-state index >= 15 is 0 Å². The molecule has 0 aliphatic carbocycles. The number of rotatable bonds is 6. The van der Waals surface area contributed by atoms with Crippen LogP contribution in [0.15, 0.2) is 35.4 Å². The molecule has 24 heavy (non-hydrogen) atoms. The van der Waals surface area contributed by atoms with Crippen molar-refractivity contribution in [1.29, 1.82) is 0 Å². The van der Waals surface area contributed by atoms with E-state index in [0.717, 1.165) is 37.6 Å². The molecule has 0 N–H and O–H groups in total. The van der Waals surface area contributed by atoms with Crippen LogP contribution in [0.4, 0.5) is 0 Å². The number of hydrogen-bond acceptors (Lipinski definition) is 5. The number of furan rings is 1. The SMILES string of the molecule is CN(C)C(=O)COC[C@H]1CN(Cc2ccoc2)Cc2nccn2C1. The number of fused-ring (bicyclic) bond motifs is 1. The van der Waals surface area contributed by atoms with Crippen molar-refractivity contribution in [2.24, 2.45) is 5.92 Å². The fourth-order valence-corrected chi connectivity index (χ4v) is 2.93. The lowest BCUT2D eigenvalue weighted by Crippen LogP contribution is -2.32. The average Bonchev–Trinajstić information content (AvgIpc) is 3.16. The number of amides is 1. The molecule has 0 saturated heterocycles. The van der Waals surface area contributed by atoms with Crippen LogP contribution in [0, 0.1) is 5.92 Å². The van der Waals surface area contributed by atoms with Crippen LogP contribution in [-0.4, -0.2) is 59.1 Å². The van der Waals surface area contributed by atoms with Gasteiger partial charge >= 0.3 is 0 Å². The molecule has 0 spiro atoms. The summed E-state index contributed by atoms with van der Waals surface area (Å²) >= 11 is 0. The Labute approximate surface area is 141 Å². The molecule has 0 radical (unpaired) electrons. The number of ether oxygens (including phenoxy) is 1. The van der Waals surface area contributed by atoms with Crippen molar-refractivity contribution in [3.8, 4) is 0 Å². The lowest BCUT2D eigenvalue weighted by molar-refractivity contribution is -0.134. The third kappa shape index (κ3) is 4.24. The maximum absolute atomic E-state index is 11.7. The van der Waals surface area contributed by atoms with Gasteiger partial charge in [-0.25, -0.2) is 4.98 Å². The standard InChI is InChI=1S/C17H24N4O3/c1-19(2)17(22)13-24-12-15-8-20(7-14-3-6-23-11-14)10-16-18-4-5-21(16)9-15/h3-6,11,15H,7-10,12-13H2,1-2H3/t15-/m0/s1. The van der Waals surface area contributed by atoms with Crippen molar-refractivity contribution in [3.63, 3.8) is 0 Å². The minimum Gasteiger partial charge on any atom is -0.472 e. The number of nitrogens with zero attached hydrogens (tertiary/aromatic N) is 4. The minimum absolute atomic E-state index is 0.0119. The summed E-state index contributed by atoms with van der Waals surface area (Å²) in [6.07, 6.45) is 7.32. The van der Waals surface area contributed by atoms with Gasteiger partial charge in [0.1, 0.15) is 12.4 Å². The van der Waals surface area contributed by atoms with Crippen LogP contribution >= 0.6 is 0 Å². The van der Waals surface area contributed by atoms with Crippen molar-refractivity contribution in [1.82, 2.24) is 19.4 Å². The molecule has 2 aromatic heterocycles. The van der Waals surface area contributed by atoms with E-state index in [1.807, 2.05) is 18.5 Å². The van der Waals surface area contributed by atoms with Gasteiger partial charge in [-0.05, 0) is 6.07 Å². The lowest BCUT2D eigenvalue weighted by atomic mass is 10.1. The molecule has 0 bridgehead atoms. The van der Waals surface area contributed by atoms with Gasteiger partial charge in [-0.15, -0.1) is 0 Å². The fraction of sp³-hybridized carbons (Fsp3) is 0.529. The molecule has 0 aromatic carbocycles. The van der Waals surface area contributed by atoms with E-state index < -0.39 is 0 Å². The maximum atomic E-state index is 11.7. The van der Waals surface area contributed by atoms with Crippen LogP contribution in [0.3, 0.4) is 0 Å². The zero-order chi connectivity index (χ0) is 16.9. The first-order valence-corrected chi connectivity index (χ1v) is 8.13. The summed E-state index contributed by atoms with van der Waals surface area (Å²) in [5.74, 6) is 1.36. The molecule has 130 valence electrons. The zero-order valence-corrected chi connectivity index (χ0v) is 14.2. The Hall–Kier alpha value is -2.12. The van der Waals surface area contributed by atoms with Gasteiger partial charge in [-0.1, -0.05) is 0 Å². The molecule has 7 nitrogen and oxygen atoms in total. The minimum atomic E-state index is -0.0119. The second kappa shape index (κ2) is 7.63. The van der Waals surface area contributed by atoms with Crippen LogP contribution in [-0.2, 0) is 29.2 Å². The molecule has 3 rings (SSSR count). The maximum Gasteiger partial charge on any atom is 0.248 e. The predicted molar refractivity (Wildman–Crippen MR) is 88.1 cm³/mol. The molecule has 0 unspecified atom stereocenters. The smallest absolute Gasteiger partial charge is 0.248 e. The number of aromatic nitrogens is 2. The van der Waals surface area contributed by atoms with Crippen molar-refractivity contribution in [2.75, 3.05) is 33.9 Å². The molecular formula is C17H24N4O3. The number of carbonyl (C=O) groups is 1. The van der Waals surface area contributed by atoms with E-state index in [0.29, 0.717) is 12.5 Å². The molecule has 2 aromatic rings. The first-order valence-electron chi connectivity index (χ1n) is 8.13. The van der Waals surface area contributed by atoms with Crippen LogP contribution in [0.25, 0.3) is 0 Å². The van der Waals surface area contributed by atoms with Crippen molar-refractivity contribution in [3.05, 3.63) is 42.4 Å². The number of imidazole rings is 1. The molecule has 0 saturated carbocycles. The van der Waals surface area contributed by atoms with Gasteiger partial charge < -0.3 is 18.6 Å². The number of hydrogen-bond donors (Lipinski definition) is 0. The zero-order valence-electron chi connectivity index (χ0n) is 14.2. The quantitative estimate of drug-likeness (QED) is 0.796. The van der Waals surface area contributed by atoms with E-state index in [2.05, 4.69) is 14.5 Å². The fourth-order valence-electron chi connectivity index (χ4n) is 2.93. The highest BCUT2D eigenvalue weighted by molar-refractivity contribution is 5.76. The van der Waals surface area contributed by atoms with Gasteiger partial charge in [-0.2, -0.15) is 0 Å². The third-order valence-electron chi connectivity index (χ3n) is 4.20. The van der Waals surface area contributed by atoms with Crippen molar-refractivity contribution in [2.45, 2.75) is 19.6 Å². The highest BCUT2D eigenvalue weighted by Crippen LogP contribution is 2.18. The van der Waals surface area contributed by atoms with E-state index in [1.165, 1.54) is 0 Å². The van der Waals surface area contributed by atoms with Gasteiger partial charge in [0, 0.05) is 57.6 Å². The summed E-state index contributed by atoms with van der Waals surface area (Å²) in [4.78, 5) is 20.0. The Morgan fingerprint density at radius 2 is 2.33 bits per heavy atom. The summed E-state index contributed by atoms with van der Waals surface area (Å²) in [5, 5.41) is 0. The molecule has 3 heterocycles. The first-order chi connectivity index (χ1) is 11.6. The monoisotopic (exact) mass is 332 g/mol. The average molecular weight is 332 g/mol. The molecule has 1 aliphatic rings.